The molecule has 0 spiro atoms. The van der Waals surface area contributed by atoms with Crippen LogP contribution in [0.4, 0.5) is 0 Å². The van der Waals surface area contributed by atoms with E-state index in [4.69, 9.17) is 19.2 Å². The van der Waals surface area contributed by atoms with Gasteiger partial charge in [0.1, 0.15) is 0 Å². The summed E-state index contributed by atoms with van der Waals surface area (Å²) in [6.07, 6.45) is 5.17. The monoisotopic (exact) mass is 401 g/mol. The first-order chi connectivity index (χ1) is 14.1. The van der Waals surface area contributed by atoms with Crippen molar-refractivity contribution in [3.8, 4) is 17.2 Å². The van der Waals surface area contributed by atoms with E-state index >= 15 is 0 Å². The number of hydrogen-bond donors (Lipinski definition) is 1. The van der Waals surface area contributed by atoms with E-state index in [1.54, 1.807) is 21.3 Å². The highest BCUT2D eigenvalue weighted by atomic mass is 16.5. The molecule has 8 heteroatoms. The highest BCUT2D eigenvalue weighted by molar-refractivity contribution is 5.80. The fraction of sp³-hybridized carbons (Fsp3) is 0.524. The molecule has 0 radical (unpaired) electrons. The number of aryl methyl sites for hydroxylation is 1. The Bertz CT molecular complexity index is 824. The van der Waals surface area contributed by atoms with E-state index in [0.29, 0.717) is 29.7 Å². The second-order valence-corrected chi connectivity index (χ2v) is 7.08. The highest BCUT2D eigenvalue weighted by Gasteiger charge is 2.27. The standard InChI is InChI=1S/C21H31N5O3/c1-6-22-21(26-8-7-16(14-26)17-12-24-25(2)13-17)23-11-15-9-18(27-3)20(29-5)19(10-15)28-4/h9-10,12-13,16H,6-8,11,14H2,1-5H3,(H,22,23). The second kappa shape index (κ2) is 9.54. The number of benzene rings is 1. The fourth-order valence-electron chi connectivity index (χ4n) is 3.69. The molecule has 158 valence electrons. The number of guanidine groups is 1. The molecular formula is C21H31N5O3. The second-order valence-electron chi connectivity index (χ2n) is 7.08. The Labute approximate surface area is 172 Å². The Balaban J connectivity index is 1.76. The topological polar surface area (TPSA) is 73.1 Å². The molecule has 0 amide bonds. The summed E-state index contributed by atoms with van der Waals surface area (Å²) < 4.78 is 18.2. The Morgan fingerprint density at radius 2 is 1.93 bits per heavy atom. The molecule has 29 heavy (non-hydrogen) atoms. The molecule has 1 aromatic heterocycles. The van der Waals surface area contributed by atoms with Gasteiger partial charge in [-0.2, -0.15) is 5.10 Å². The van der Waals surface area contributed by atoms with Crippen molar-refractivity contribution in [1.82, 2.24) is 20.0 Å². The van der Waals surface area contributed by atoms with Crippen molar-refractivity contribution in [2.45, 2.75) is 25.8 Å². The van der Waals surface area contributed by atoms with Gasteiger partial charge in [-0.25, -0.2) is 4.99 Å². The Morgan fingerprint density at radius 3 is 2.48 bits per heavy atom. The van der Waals surface area contributed by atoms with Crippen LogP contribution in [-0.2, 0) is 13.6 Å². The third kappa shape index (κ3) is 4.75. The van der Waals surface area contributed by atoms with Crippen molar-refractivity contribution in [2.75, 3.05) is 41.0 Å². The van der Waals surface area contributed by atoms with Crippen LogP contribution in [0.15, 0.2) is 29.5 Å². The number of aromatic nitrogens is 2. The van der Waals surface area contributed by atoms with Gasteiger partial charge in [0, 0.05) is 38.8 Å². The van der Waals surface area contributed by atoms with Crippen molar-refractivity contribution < 1.29 is 14.2 Å². The van der Waals surface area contributed by atoms with E-state index in [1.165, 1.54) is 5.56 Å². The first-order valence-electron chi connectivity index (χ1n) is 9.90. The molecule has 0 bridgehead atoms. The van der Waals surface area contributed by atoms with Crippen LogP contribution in [0.5, 0.6) is 17.2 Å². The minimum absolute atomic E-state index is 0.480. The number of nitrogens with one attached hydrogen (secondary N) is 1. The van der Waals surface area contributed by atoms with Gasteiger partial charge in [0.25, 0.3) is 0 Å². The molecule has 3 rings (SSSR count). The van der Waals surface area contributed by atoms with Crippen LogP contribution < -0.4 is 19.5 Å². The molecule has 1 fully saturated rings. The maximum absolute atomic E-state index is 5.45. The molecule has 1 atom stereocenters. The van der Waals surface area contributed by atoms with Gasteiger partial charge in [-0.1, -0.05) is 0 Å². The molecule has 2 aromatic rings. The van der Waals surface area contributed by atoms with E-state index in [-0.39, 0.29) is 0 Å². The molecule has 0 aliphatic carbocycles. The Hall–Kier alpha value is -2.90. The van der Waals surface area contributed by atoms with Gasteiger partial charge in [0.2, 0.25) is 5.75 Å². The van der Waals surface area contributed by atoms with E-state index in [2.05, 4.69) is 28.4 Å². The fourth-order valence-corrected chi connectivity index (χ4v) is 3.69. The lowest BCUT2D eigenvalue weighted by Crippen LogP contribution is -2.40. The number of rotatable bonds is 7. The van der Waals surface area contributed by atoms with Crippen LogP contribution >= 0.6 is 0 Å². The third-order valence-corrected chi connectivity index (χ3v) is 5.15. The molecule has 1 aliphatic heterocycles. The zero-order chi connectivity index (χ0) is 20.8. The molecule has 1 aromatic carbocycles. The summed E-state index contributed by atoms with van der Waals surface area (Å²) in [5.41, 5.74) is 2.29. The molecule has 0 saturated carbocycles. The van der Waals surface area contributed by atoms with Crippen LogP contribution in [0.1, 0.15) is 30.4 Å². The van der Waals surface area contributed by atoms with Gasteiger partial charge in [-0.05, 0) is 36.6 Å². The SMILES string of the molecule is CCNC(=NCc1cc(OC)c(OC)c(OC)c1)N1CCC(c2cnn(C)c2)C1. The summed E-state index contributed by atoms with van der Waals surface area (Å²) in [5, 5.41) is 7.73. The van der Waals surface area contributed by atoms with Crippen molar-refractivity contribution in [2.24, 2.45) is 12.0 Å². The van der Waals surface area contributed by atoms with Gasteiger partial charge in [0.05, 0.1) is 34.1 Å². The molecule has 1 unspecified atom stereocenters. The van der Waals surface area contributed by atoms with Gasteiger partial charge in [0.15, 0.2) is 17.5 Å². The van der Waals surface area contributed by atoms with E-state index in [0.717, 1.165) is 37.6 Å². The van der Waals surface area contributed by atoms with Crippen LogP contribution in [-0.4, -0.2) is 61.6 Å². The maximum atomic E-state index is 5.45. The van der Waals surface area contributed by atoms with Crippen molar-refractivity contribution in [3.05, 3.63) is 35.7 Å². The number of methoxy groups -OCH3 is 3. The van der Waals surface area contributed by atoms with Crippen LogP contribution in [0.3, 0.4) is 0 Å². The van der Waals surface area contributed by atoms with E-state index in [9.17, 15) is 0 Å². The summed E-state index contributed by atoms with van der Waals surface area (Å²) in [7, 11) is 6.81. The zero-order valence-electron chi connectivity index (χ0n) is 17.9. The minimum Gasteiger partial charge on any atom is -0.493 e. The largest absolute Gasteiger partial charge is 0.493 e. The predicted molar refractivity (Wildman–Crippen MR) is 113 cm³/mol. The first kappa shape index (κ1) is 20.8. The van der Waals surface area contributed by atoms with Crippen LogP contribution in [0, 0.1) is 0 Å². The van der Waals surface area contributed by atoms with Crippen molar-refractivity contribution >= 4 is 5.96 Å². The van der Waals surface area contributed by atoms with Gasteiger partial charge in [-0.15, -0.1) is 0 Å². The van der Waals surface area contributed by atoms with Gasteiger partial charge in [-0.3, -0.25) is 4.68 Å². The number of hydrogen-bond acceptors (Lipinski definition) is 5. The Kier molecular flexibility index (Phi) is 6.85. The smallest absolute Gasteiger partial charge is 0.203 e. The minimum atomic E-state index is 0.480. The Morgan fingerprint density at radius 1 is 1.21 bits per heavy atom. The average molecular weight is 402 g/mol. The molecule has 1 N–H and O–H groups in total. The van der Waals surface area contributed by atoms with Crippen molar-refractivity contribution in [1.29, 1.82) is 0 Å². The number of ether oxygens (including phenoxy) is 3. The van der Waals surface area contributed by atoms with Crippen LogP contribution in [0.2, 0.25) is 0 Å². The summed E-state index contributed by atoms with van der Waals surface area (Å²) >= 11 is 0. The molecule has 1 aliphatic rings. The van der Waals surface area contributed by atoms with Crippen LogP contribution in [0.25, 0.3) is 0 Å². The maximum Gasteiger partial charge on any atom is 0.203 e. The molecule has 2 heterocycles. The summed E-state index contributed by atoms with van der Waals surface area (Å²) in [6, 6.07) is 3.88. The summed E-state index contributed by atoms with van der Waals surface area (Å²) in [6.45, 7) is 5.34. The first-order valence-corrected chi connectivity index (χ1v) is 9.90. The van der Waals surface area contributed by atoms with Gasteiger partial charge >= 0.3 is 0 Å². The average Bonchev–Trinajstić information content (AvgIpc) is 3.39. The van der Waals surface area contributed by atoms with E-state index in [1.807, 2.05) is 30.1 Å². The molecule has 8 nitrogen and oxygen atoms in total. The molecule has 1 saturated heterocycles. The number of nitrogens with zero attached hydrogens (tertiary/aromatic N) is 4. The summed E-state index contributed by atoms with van der Waals surface area (Å²) in [5.74, 6) is 3.27. The van der Waals surface area contributed by atoms with Crippen molar-refractivity contribution in [3.63, 3.8) is 0 Å². The number of aliphatic imine (C=N–C) groups is 1. The quantitative estimate of drug-likeness (QED) is 0.567. The summed E-state index contributed by atoms with van der Waals surface area (Å²) in [4.78, 5) is 7.18. The number of likely N-dealkylation sites (tertiary alicyclic amines) is 1. The predicted octanol–water partition coefficient (Wildman–Crippen LogP) is 2.40. The highest BCUT2D eigenvalue weighted by Crippen LogP contribution is 2.38. The lowest BCUT2D eigenvalue weighted by molar-refractivity contribution is 0.324. The normalized spacial score (nSPS) is 16.8. The molecular weight excluding hydrogens is 370 g/mol. The van der Waals surface area contributed by atoms with E-state index < -0.39 is 0 Å². The van der Waals surface area contributed by atoms with Gasteiger partial charge < -0.3 is 24.4 Å². The third-order valence-electron chi connectivity index (χ3n) is 5.15. The lowest BCUT2D eigenvalue weighted by atomic mass is 10.0. The zero-order valence-corrected chi connectivity index (χ0v) is 17.9. The lowest BCUT2D eigenvalue weighted by Gasteiger charge is -2.21.